The van der Waals surface area contributed by atoms with Gasteiger partial charge in [0.1, 0.15) is 11.5 Å². The molecule has 2 aromatic carbocycles. The molecular formula is C24H28N4O3. The summed E-state index contributed by atoms with van der Waals surface area (Å²) in [5.74, 6) is 1.49. The Kier molecular flexibility index (Phi) is 6.40. The molecule has 4 rings (SSSR count). The SMILES string of the molecule is COc1ccc(C2CCCN2C(=O)NCc2cccc(Cn3cccn3)c2)c(OC)c1. The molecule has 7 nitrogen and oxygen atoms in total. The van der Waals surface area contributed by atoms with Crippen LogP contribution in [0.1, 0.15) is 35.6 Å². The minimum absolute atomic E-state index is 0.00740. The standard InChI is InChI=1S/C24H28N4O3/c1-30-20-9-10-21(23(15-20)31-2)22-8-4-13-28(22)24(29)25-16-18-6-3-7-19(14-18)17-27-12-5-11-26-27/h3,5-7,9-12,14-15,22H,4,8,13,16-17H2,1-2H3,(H,25,29). The molecule has 0 bridgehead atoms. The van der Waals surface area contributed by atoms with E-state index in [1.54, 1.807) is 20.4 Å². The Morgan fingerprint density at radius 2 is 2.00 bits per heavy atom. The van der Waals surface area contributed by atoms with Gasteiger partial charge in [-0.05, 0) is 42.2 Å². The third kappa shape index (κ3) is 4.82. The van der Waals surface area contributed by atoms with Crippen LogP contribution in [-0.4, -0.2) is 41.5 Å². The van der Waals surface area contributed by atoms with Gasteiger partial charge in [-0.1, -0.05) is 24.3 Å². The number of nitrogens with one attached hydrogen (secondary N) is 1. The van der Waals surface area contributed by atoms with Crippen molar-refractivity contribution in [3.05, 3.63) is 77.6 Å². The van der Waals surface area contributed by atoms with Gasteiger partial charge < -0.3 is 19.7 Å². The second-order valence-electron chi connectivity index (χ2n) is 7.64. The van der Waals surface area contributed by atoms with Crippen LogP contribution in [0, 0.1) is 0 Å². The molecule has 0 radical (unpaired) electrons. The number of nitrogens with zero attached hydrogens (tertiary/aromatic N) is 3. The fourth-order valence-electron chi connectivity index (χ4n) is 4.13. The first kappa shape index (κ1) is 20.8. The highest BCUT2D eigenvalue weighted by molar-refractivity contribution is 5.75. The average Bonchev–Trinajstić information content (AvgIpc) is 3.49. The van der Waals surface area contributed by atoms with E-state index in [9.17, 15) is 4.79 Å². The van der Waals surface area contributed by atoms with Gasteiger partial charge in [0.25, 0.3) is 0 Å². The largest absolute Gasteiger partial charge is 0.497 e. The molecule has 162 valence electrons. The molecular weight excluding hydrogens is 392 g/mol. The zero-order chi connectivity index (χ0) is 21.6. The predicted molar refractivity (Wildman–Crippen MR) is 118 cm³/mol. The van der Waals surface area contributed by atoms with Crippen LogP contribution in [0.5, 0.6) is 11.5 Å². The summed E-state index contributed by atoms with van der Waals surface area (Å²) in [7, 11) is 3.28. The Bertz CT molecular complexity index is 1020. The summed E-state index contributed by atoms with van der Waals surface area (Å²) in [6.07, 6.45) is 5.59. The Balaban J connectivity index is 1.42. The van der Waals surface area contributed by atoms with Crippen molar-refractivity contribution < 1.29 is 14.3 Å². The van der Waals surface area contributed by atoms with Gasteiger partial charge in [-0.15, -0.1) is 0 Å². The van der Waals surface area contributed by atoms with Crippen molar-refractivity contribution in [3.63, 3.8) is 0 Å². The van der Waals surface area contributed by atoms with Gasteiger partial charge in [0.05, 0.1) is 26.8 Å². The Hall–Kier alpha value is -3.48. The van der Waals surface area contributed by atoms with Crippen molar-refractivity contribution in [1.29, 1.82) is 0 Å². The summed E-state index contributed by atoms with van der Waals surface area (Å²) in [4.78, 5) is 14.9. The third-order valence-corrected chi connectivity index (χ3v) is 5.65. The fraction of sp³-hybridized carbons (Fsp3) is 0.333. The van der Waals surface area contributed by atoms with Crippen LogP contribution in [0.4, 0.5) is 4.79 Å². The van der Waals surface area contributed by atoms with E-state index in [1.165, 1.54) is 0 Å². The monoisotopic (exact) mass is 420 g/mol. The van der Waals surface area contributed by atoms with Crippen LogP contribution in [0.2, 0.25) is 0 Å². The molecule has 0 spiro atoms. The highest BCUT2D eigenvalue weighted by Gasteiger charge is 2.32. The zero-order valence-electron chi connectivity index (χ0n) is 18.0. The minimum Gasteiger partial charge on any atom is -0.497 e. The molecule has 31 heavy (non-hydrogen) atoms. The summed E-state index contributed by atoms with van der Waals surface area (Å²) < 4.78 is 12.8. The number of carbonyl (C=O) groups is 1. The number of ether oxygens (including phenoxy) is 2. The predicted octanol–water partition coefficient (Wildman–Crippen LogP) is 4.00. The van der Waals surface area contributed by atoms with Crippen LogP contribution in [0.3, 0.4) is 0 Å². The van der Waals surface area contributed by atoms with Crippen molar-refractivity contribution in [1.82, 2.24) is 20.0 Å². The first-order chi connectivity index (χ1) is 15.2. The van der Waals surface area contributed by atoms with Crippen LogP contribution in [0.15, 0.2) is 60.9 Å². The zero-order valence-corrected chi connectivity index (χ0v) is 18.0. The van der Waals surface area contributed by atoms with Gasteiger partial charge in [-0.25, -0.2) is 4.79 Å². The van der Waals surface area contributed by atoms with Gasteiger partial charge in [0.2, 0.25) is 0 Å². The Labute approximate surface area is 182 Å². The molecule has 1 unspecified atom stereocenters. The van der Waals surface area contributed by atoms with E-state index in [-0.39, 0.29) is 12.1 Å². The molecule has 2 amide bonds. The number of hydrogen-bond acceptors (Lipinski definition) is 4. The van der Waals surface area contributed by atoms with E-state index in [2.05, 4.69) is 22.5 Å². The molecule has 1 aliphatic heterocycles. The van der Waals surface area contributed by atoms with E-state index < -0.39 is 0 Å². The van der Waals surface area contributed by atoms with Crippen molar-refractivity contribution in [3.8, 4) is 11.5 Å². The lowest BCUT2D eigenvalue weighted by molar-refractivity contribution is 0.191. The van der Waals surface area contributed by atoms with Crippen molar-refractivity contribution >= 4 is 6.03 Å². The number of benzene rings is 2. The van der Waals surface area contributed by atoms with Crippen molar-refractivity contribution in [2.75, 3.05) is 20.8 Å². The smallest absolute Gasteiger partial charge is 0.318 e. The molecule has 1 saturated heterocycles. The second-order valence-corrected chi connectivity index (χ2v) is 7.64. The topological polar surface area (TPSA) is 68.6 Å². The van der Waals surface area contributed by atoms with E-state index >= 15 is 0 Å². The molecule has 1 aromatic heterocycles. The number of likely N-dealkylation sites (tertiary alicyclic amines) is 1. The maximum atomic E-state index is 13.0. The molecule has 7 heteroatoms. The number of methoxy groups -OCH3 is 2. The third-order valence-electron chi connectivity index (χ3n) is 5.65. The minimum atomic E-state index is -0.0575. The molecule has 1 fully saturated rings. The van der Waals surface area contributed by atoms with Gasteiger partial charge in [-0.3, -0.25) is 4.68 Å². The molecule has 2 heterocycles. The molecule has 3 aromatic rings. The number of amides is 2. The second kappa shape index (κ2) is 9.55. The van der Waals surface area contributed by atoms with Gasteiger partial charge in [0.15, 0.2) is 0 Å². The Morgan fingerprint density at radius 3 is 2.77 bits per heavy atom. The molecule has 0 aliphatic carbocycles. The summed E-state index contributed by atoms with van der Waals surface area (Å²) in [5.41, 5.74) is 3.23. The van der Waals surface area contributed by atoms with Crippen LogP contribution in [0.25, 0.3) is 0 Å². The molecule has 1 aliphatic rings. The Morgan fingerprint density at radius 1 is 1.13 bits per heavy atom. The van der Waals surface area contributed by atoms with Crippen molar-refractivity contribution in [2.45, 2.75) is 32.0 Å². The first-order valence-corrected chi connectivity index (χ1v) is 10.5. The van der Waals surface area contributed by atoms with E-state index in [0.717, 1.165) is 47.6 Å². The van der Waals surface area contributed by atoms with E-state index in [1.807, 2.05) is 52.2 Å². The van der Waals surface area contributed by atoms with Crippen LogP contribution < -0.4 is 14.8 Å². The van der Waals surface area contributed by atoms with Gasteiger partial charge in [0, 0.05) is 37.1 Å². The van der Waals surface area contributed by atoms with Crippen molar-refractivity contribution in [2.24, 2.45) is 0 Å². The lowest BCUT2D eigenvalue weighted by atomic mass is 10.0. The lowest BCUT2D eigenvalue weighted by Gasteiger charge is -2.27. The average molecular weight is 421 g/mol. The van der Waals surface area contributed by atoms with E-state index in [0.29, 0.717) is 13.1 Å². The van der Waals surface area contributed by atoms with E-state index in [4.69, 9.17) is 9.47 Å². The first-order valence-electron chi connectivity index (χ1n) is 10.5. The number of urea groups is 1. The molecule has 1 N–H and O–H groups in total. The lowest BCUT2D eigenvalue weighted by Crippen LogP contribution is -2.39. The maximum absolute atomic E-state index is 13.0. The number of aromatic nitrogens is 2. The number of hydrogen-bond donors (Lipinski definition) is 1. The summed E-state index contributed by atoms with van der Waals surface area (Å²) in [6.45, 7) is 1.92. The summed E-state index contributed by atoms with van der Waals surface area (Å²) in [6, 6.07) is 15.8. The summed E-state index contributed by atoms with van der Waals surface area (Å²) in [5, 5.41) is 7.34. The van der Waals surface area contributed by atoms with Crippen LogP contribution >= 0.6 is 0 Å². The quantitative estimate of drug-likeness (QED) is 0.627. The highest BCUT2D eigenvalue weighted by atomic mass is 16.5. The van der Waals surface area contributed by atoms with Gasteiger partial charge in [-0.2, -0.15) is 5.10 Å². The van der Waals surface area contributed by atoms with Gasteiger partial charge >= 0.3 is 6.03 Å². The summed E-state index contributed by atoms with van der Waals surface area (Å²) >= 11 is 0. The number of carbonyl (C=O) groups excluding carboxylic acids is 1. The normalized spacial score (nSPS) is 15.7. The maximum Gasteiger partial charge on any atom is 0.318 e. The number of rotatable bonds is 7. The van der Waals surface area contributed by atoms with Crippen LogP contribution in [-0.2, 0) is 13.1 Å². The molecule has 1 atom stereocenters. The fourth-order valence-corrected chi connectivity index (χ4v) is 4.13. The highest BCUT2D eigenvalue weighted by Crippen LogP contribution is 2.38. The molecule has 0 saturated carbocycles.